The van der Waals surface area contributed by atoms with Crippen molar-refractivity contribution in [1.29, 1.82) is 0 Å². The predicted octanol–water partition coefficient (Wildman–Crippen LogP) is 3.81. The highest BCUT2D eigenvalue weighted by atomic mass is 16.4. The smallest absolute Gasteiger partial charge is 0.335 e. The molecule has 3 heteroatoms. The molecule has 0 radical (unpaired) electrons. The highest BCUT2D eigenvalue weighted by Gasteiger charge is 2.54. The fraction of sp³-hybridized carbons (Fsp3) is 0.579. The van der Waals surface area contributed by atoms with Crippen LogP contribution in [0.15, 0.2) is 18.2 Å². The van der Waals surface area contributed by atoms with Crippen LogP contribution in [0.3, 0.4) is 0 Å². The van der Waals surface area contributed by atoms with Crippen LogP contribution in [-0.2, 0) is 11.2 Å². The van der Waals surface area contributed by atoms with Gasteiger partial charge in [-0.2, -0.15) is 0 Å². The van der Waals surface area contributed by atoms with E-state index in [1.54, 1.807) is 6.07 Å². The van der Waals surface area contributed by atoms with E-state index < -0.39 is 5.97 Å². The van der Waals surface area contributed by atoms with Gasteiger partial charge in [-0.15, -0.1) is 0 Å². The van der Waals surface area contributed by atoms with Gasteiger partial charge in [0.2, 0.25) is 0 Å². The van der Waals surface area contributed by atoms with Crippen LogP contribution >= 0.6 is 0 Å². The molecule has 1 aromatic carbocycles. The first-order valence-corrected chi connectivity index (χ1v) is 8.40. The topological polar surface area (TPSA) is 54.4 Å². The number of carbonyl (C=O) groups excluding carboxylic acids is 1. The number of aromatic carboxylic acids is 1. The Balaban J connectivity index is 1.70. The number of carboxylic acid groups (broad SMARTS) is 1. The van der Waals surface area contributed by atoms with Gasteiger partial charge in [-0.25, -0.2) is 4.79 Å². The summed E-state index contributed by atoms with van der Waals surface area (Å²) in [7, 11) is 0. The molecule has 0 bridgehead atoms. The van der Waals surface area contributed by atoms with E-state index in [0.29, 0.717) is 29.1 Å². The third-order valence-electron chi connectivity index (χ3n) is 6.68. The van der Waals surface area contributed by atoms with Gasteiger partial charge in [0.1, 0.15) is 5.78 Å². The van der Waals surface area contributed by atoms with Gasteiger partial charge in [0.15, 0.2) is 0 Å². The zero-order valence-corrected chi connectivity index (χ0v) is 13.0. The van der Waals surface area contributed by atoms with E-state index in [4.69, 9.17) is 5.11 Å². The second-order valence-corrected chi connectivity index (χ2v) is 7.55. The van der Waals surface area contributed by atoms with Gasteiger partial charge in [-0.3, -0.25) is 4.79 Å². The molecule has 1 N–H and O–H groups in total. The number of rotatable bonds is 1. The van der Waals surface area contributed by atoms with Crippen molar-refractivity contribution in [2.45, 2.75) is 51.4 Å². The minimum atomic E-state index is -0.845. The second-order valence-electron chi connectivity index (χ2n) is 7.55. The molecule has 1 aromatic rings. The average molecular weight is 298 g/mol. The molecule has 0 saturated heterocycles. The predicted molar refractivity (Wildman–Crippen MR) is 83.0 cm³/mol. The molecule has 0 aromatic heterocycles. The Morgan fingerprint density at radius 3 is 2.82 bits per heavy atom. The first kappa shape index (κ1) is 14.0. The summed E-state index contributed by atoms with van der Waals surface area (Å²) < 4.78 is 0. The van der Waals surface area contributed by atoms with Crippen LogP contribution in [0, 0.1) is 17.3 Å². The lowest BCUT2D eigenvalue weighted by atomic mass is 9.55. The Hall–Kier alpha value is -1.64. The number of carboxylic acids is 1. The Labute approximate surface area is 130 Å². The molecule has 4 atom stereocenters. The average Bonchev–Trinajstić information content (AvgIpc) is 2.82. The number of fused-ring (bicyclic) bond motifs is 5. The lowest BCUT2D eigenvalue weighted by molar-refractivity contribution is -0.129. The third kappa shape index (κ3) is 1.81. The Kier molecular flexibility index (Phi) is 2.97. The van der Waals surface area contributed by atoms with Crippen molar-refractivity contribution in [3.63, 3.8) is 0 Å². The Morgan fingerprint density at radius 2 is 2.05 bits per heavy atom. The van der Waals surface area contributed by atoms with E-state index in [-0.39, 0.29) is 5.41 Å². The van der Waals surface area contributed by atoms with Crippen molar-refractivity contribution in [2.24, 2.45) is 17.3 Å². The van der Waals surface area contributed by atoms with Crippen molar-refractivity contribution >= 4 is 11.8 Å². The highest BCUT2D eigenvalue weighted by molar-refractivity contribution is 5.88. The maximum atomic E-state index is 12.3. The molecule has 3 aliphatic carbocycles. The molecule has 2 saturated carbocycles. The zero-order chi connectivity index (χ0) is 15.5. The van der Waals surface area contributed by atoms with Crippen LogP contribution in [0.4, 0.5) is 0 Å². The quantitative estimate of drug-likeness (QED) is 0.857. The molecule has 4 rings (SSSR count). The summed E-state index contributed by atoms with van der Waals surface area (Å²) in [5.41, 5.74) is 2.88. The number of Topliss-reactive ketones (excluding diaryl/α,β-unsaturated/α-hetero) is 1. The van der Waals surface area contributed by atoms with E-state index in [0.717, 1.165) is 38.5 Å². The molecule has 116 valence electrons. The van der Waals surface area contributed by atoms with Gasteiger partial charge in [0, 0.05) is 11.8 Å². The fourth-order valence-corrected chi connectivity index (χ4v) is 5.49. The summed E-state index contributed by atoms with van der Waals surface area (Å²) in [4.78, 5) is 23.5. The molecule has 0 heterocycles. The normalized spacial score (nSPS) is 36.4. The number of benzene rings is 1. The van der Waals surface area contributed by atoms with Crippen LogP contribution in [-0.4, -0.2) is 16.9 Å². The van der Waals surface area contributed by atoms with Crippen molar-refractivity contribution in [1.82, 2.24) is 0 Å². The summed E-state index contributed by atoms with van der Waals surface area (Å²) in [6, 6.07) is 5.65. The van der Waals surface area contributed by atoms with E-state index in [1.807, 2.05) is 12.1 Å². The van der Waals surface area contributed by atoms with Gasteiger partial charge in [-0.1, -0.05) is 13.0 Å². The molecule has 0 spiro atoms. The first-order valence-electron chi connectivity index (χ1n) is 8.40. The molecule has 22 heavy (non-hydrogen) atoms. The molecule has 2 unspecified atom stereocenters. The number of hydrogen-bond donors (Lipinski definition) is 1. The fourth-order valence-electron chi connectivity index (χ4n) is 5.49. The molecular formula is C19H22O3. The minimum Gasteiger partial charge on any atom is -0.478 e. The summed E-state index contributed by atoms with van der Waals surface area (Å²) in [5.74, 6) is 1.29. The summed E-state index contributed by atoms with van der Waals surface area (Å²) >= 11 is 0. The lowest BCUT2D eigenvalue weighted by Gasteiger charge is -2.48. The van der Waals surface area contributed by atoms with Gasteiger partial charge in [0.25, 0.3) is 0 Å². The SMILES string of the molecule is CC12CCC3c4ccc(C(=O)O)cc4CC[C@H]3[C@@H]1CCC2=O. The van der Waals surface area contributed by atoms with Gasteiger partial charge < -0.3 is 5.11 Å². The Bertz CT molecular complexity index is 663. The molecule has 0 aliphatic heterocycles. The number of hydrogen-bond acceptors (Lipinski definition) is 2. The second kappa shape index (κ2) is 4.68. The van der Waals surface area contributed by atoms with Crippen molar-refractivity contribution < 1.29 is 14.7 Å². The molecule has 3 aliphatic rings. The number of ketones is 1. The van der Waals surface area contributed by atoms with Crippen LogP contribution in [0.1, 0.15) is 66.4 Å². The van der Waals surface area contributed by atoms with Crippen molar-refractivity contribution in [3.05, 3.63) is 34.9 Å². The van der Waals surface area contributed by atoms with Crippen LogP contribution in [0.5, 0.6) is 0 Å². The van der Waals surface area contributed by atoms with E-state index in [1.165, 1.54) is 11.1 Å². The Morgan fingerprint density at radius 1 is 1.23 bits per heavy atom. The molecular weight excluding hydrogens is 276 g/mol. The van der Waals surface area contributed by atoms with Crippen molar-refractivity contribution in [3.8, 4) is 0 Å². The van der Waals surface area contributed by atoms with E-state index in [2.05, 4.69) is 6.92 Å². The van der Waals surface area contributed by atoms with Crippen molar-refractivity contribution in [2.75, 3.05) is 0 Å². The summed E-state index contributed by atoms with van der Waals surface area (Å²) in [6.45, 7) is 2.19. The van der Waals surface area contributed by atoms with Crippen LogP contribution in [0.2, 0.25) is 0 Å². The van der Waals surface area contributed by atoms with E-state index in [9.17, 15) is 9.59 Å². The van der Waals surface area contributed by atoms with Gasteiger partial charge in [-0.05, 0) is 73.1 Å². The monoisotopic (exact) mass is 298 g/mol. The molecule has 3 nitrogen and oxygen atoms in total. The largest absolute Gasteiger partial charge is 0.478 e. The van der Waals surface area contributed by atoms with Crippen LogP contribution < -0.4 is 0 Å². The standard InChI is InChI=1S/C19H22O3/c1-19-9-8-14-13-4-3-12(18(21)22)10-11(13)2-5-15(14)16(19)6-7-17(19)20/h3-4,10,14-16H,2,5-9H2,1H3,(H,21,22)/t14?,15-,16+,19?/m1/s1. The number of carbonyl (C=O) groups is 2. The van der Waals surface area contributed by atoms with Gasteiger partial charge in [0.05, 0.1) is 5.56 Å². The number of aryl methyl sites for hydroxylation is 1. The molecule has 2 fully saturated rings. The van der Waals surface area contributed by atoms with E-state index >= 15 is 0 Å². The zero-order valence-electron chi connectivity index (χ0n) is 13.0. The third-order valence-corrected chi connectivity index (χ3v) is 6.68. The summed E-state index contributed by atoms with van der Waals surface area (Å²) in [5, 5.41) is 9.17. The highest BCUT2D eigenvalue weighted by Crippen LogP contribution is 2.59. The molecule has 0 amide bonds. The summed E-state index contributed by atoms with van der Waals surface area (Å²) in [6.07, 6.45) is 5.95. The lowest BCUT2D eigenvalue weighted by Crippen LogP contribution is -2.42. The maximum Gasteiger partial charge on any atom is 0.335 e. The maximum absolute atomic E-state index is 12.3. The van der Waals surface area contributed by atoms with Crippen LogP contribution in [0.25, 0.3) is 0 Å². The first-order chi connectivity index (χ1) is 10.5. The minimum absolute atomic E-state index is 0.0837. The van der Waals surface area contributed by atoms with Gasteiger partial charge >= 0.3 is 5.97 Å².